The molecule has 3 fully saturated rings. The molecule has 0 radical (unpaired) electrons. The van der Waals surface area contributed by atoms with E-state index in [0.29, 0.717) is 29.3 Å². The van der Waals surface area contributed by atoms with Crippen LogP contribution < -0.4 is 0 Å². The summed E-state index contributed by atoms with van der Waals surface area (Å²) in [6.45, 7) is 2.18. The van der Waals surface area contributed by atoms with Crippen molar-refractivity contribution < 1.29 is 9.59 Å². The maximum atomic E-state index is 12.2. The summed E-state index contributed by atoms with van der Waals surface area (Å²) in [6.07, 6.45) is 6.31. The maximum Gasteiger partial charge on any atom is 0.147 e. The van der Waals surface area contributed by atoms with Crippen LogP contribution in [0.4, 0.5) is 0 Å². The molecule has 0 aromatic rings. The Hall–Kier alpha value is -0.920. The molecule has 3 saturated carbocycles. The van der Waals surface area contributed by atoms with E-state index in [2.05, 4.69) is 19.1 Å². The molecule has 4 aliphatic carbocycles. The van der Waals surface area contributed by atoms with Crippen LogP contribution in [0.1, 0.15) is 19.8 Å². The van der Waals surface area contributed by atoms with Gasteiger partial charge >= 0.3 is 0 Å². The predicted octanol–water partition coefficient (Wildman–Crippen LogP) is 1.85. The van der Waals surface area contributed by atoms with Gasteiger partial charge in [-0.25, -0.2) is 0 Å². The zero-order chi connectivity index (χ0) is 11.0. The number of Topliss-reactive ketones (excluding diaryl/α,β-unsaturated/α-hetero) is 2. The minimum Gasteiger partial charge on any atom is -0.299 e. The lowest BCUT2D eigenvalue weighted by Gasteiger charge is -2.33. The molecule has 0 aromatic carbocycles. The molecule has 0 heterocycles. The van der Waals surface area contributed by atoms with E-state index in [9.17, 15) is 9.59 Å². The van der Waals surface area contributed by atoms with E-state index in [1.807, 2.05) is 0 Å². The molecule has 0 N–H and O–H groups in total. The number of carbonyl (C=O) groups excluding carboxylic acids is 2. The fourth-order valence-corrected chi connectivity index (χ4v) is 5.09. The van der Waals surface area contributed by atoms with Gasteiger partial charge in [0.15, 0.2) is 0 Å². The van der Waals surface area contributed by atoms with Crippen molar-refractivity contribution in [1.29, 1.82) is 0 Å². The lowest BCUT2D eigenvalue weighted by Crippen LogP contribution is -2.30. The van der Waals surface area contributed by atoms with E-state index < -0.39 is 0 Å². The van der Waals surface area contributed by atoms with Crippen molar-refractivity contribution in [3.05, 3.63) is 12.2 Å². The Balaban J connectivity index is 1.81. The molecule has 4 aliphatic rings. The van der Waals surface area contributed by atoms with Gasteiger partial charge in [0.25, 0.3) is 0 Å². The normalized spacial score (nSPS) is 56.4. The quantitative estimate of drug-likeness (QED) is 0.495. The fourth-order valence-electron chi connectivity index (χ4n) is 5.09. The third-order valence-electron chi connectivity index (χ3n) is 5.62. The van der Waals surface area contributed by atoms with Crippen LogP contribution in [-0.2, 0) is 9.59 Å². The molecule has 0 aliphatic heterocycles. The van der Waals surface area contributed by atoms with Crippen LogP contribution >= 0.6 is 0 Å². The molecule has 4 rings (SSSR count). The van der Waals surface area contributed by atoms with Crippen LogP contribution in [0.2, 0.25) is 0 Å². The molecule has 0 amide bonds. The summed E-state index contributed by atoms with van der Waals surface area (Å²) >= 11 is 0. The van der Waals surface area contributed by atoms with Gasteiger partial charge in [-0.3, -0.25) is 9.59 Å². The van der Waals surface area contributed by atoms with Gasteiger partial charge in [-0.15, -0.1) is 0 Å². The summed E-state index contributed by atoms with van der Waals surface area (Å²) in [5.41, 5.74) is 0. The first-order valence-electron chi connectivity index (χ1n) is 6.49. The van der Waals surface area contributed by atoms with Crippen molar-refractivity contribution in [2.45, 2.75) is 19.8 Å². The smallest absolute Gasteiger partial charge is 0.147 e. The van der Waals surface area contributed by atoms with Crippen molar-refractivity contribution in [3.8, 4) is 0 Å². The molecule has 0 saturated heterocycles. The van der Waals surface area contributed by atoms with Crippen molar-refractivity contribution in [1.82, 2.24) is 0 Å². The zero-order valence-electron chi connectivity index (χ0n) is 9.43. The number of allylic oxidation sites excluding steroid dienone is 2. The lowest BCUT2D eigenvalue weighted by molar-refractivity contribution is -0.125. The maximum absolute atomic E-state index is 12.2. The highest BCUT2D eigenvalue weighted by atomic mass is 16.1. The first-order chi connectivity index (χ1) is 7.74. The van der Waals surface area contributed by atoms with Gasteiger partial charge < -0.3 is 0 Å². The van der Waals surface area contributed by atoms with Gasteiger partial charge in [0, 0.05) is 23.7 Å². The van der Waals surface area contributed by atoms with Gasteiger partial charge in [-0.2, -0.15) is 0 Å². The topological polar surface area (TPSA) is 34.1 Å². The SMILES string of the molecule is CCC1CC2C(=O)C1C1C3C=CC(C3=O)C21. The summed E-state index contributed by atoms with van der Waals surface area (Å²) in [4.78, 5) is 24.3. The van der Waals surface area contributed by atoms with Crippen LogP contribution in [-0.4, -0.2) is 11.6 Å². The van der Waals surface area contributed by atoms with E-state index in [4.69, 9.17) is 0 Å². The minimum absolute atomic E-state index is 0.100. The van der Waals surface area contributed by atoms with E-state index in [1.165, 1.54) is 0 Å². The summed E-state index contributed by atoms with van der Waals surface area (Å²) < 4.78 is 0. The summed E-state index contributed by atoms with van der Waals surface area (Å²) in [5, 5.41) is 0. The molecule has 84 valence electrons. The summed E-state index contributed by atoms with van der Waals surface area (Å²) in [7, 11) is 0. The van der Waals surface area contributed by atoms with Crippen LogP contribution in [0.25, 0.3) is 0 Å². The van der Waals surface area contributed by atoms with E-state index in [0.717, 1.165) is 12.8 Å². The highest BCUT2D eigenvalue weighted by molar-refractivity contribution is 5.98. The number of carbonyl (C=O) groups is 2. The van der Waals surface area contributed by atoms with Crippen molar-refractivity contribution in [2.24, 2.45) is 41.4 Å². The Morgan fingerprint density at radius 2 is 1.81 bits per heavy atom. The number of rotatable bonds is 1. The lowest BCUT2D eigenvalue weighted by atomic mass is 9.69. The summed E-state index contributed by atoms with van der Waals surface area (Å²) in [6, 6.07) is 0. The predicted molar refractivity (Wildman–Crippen MR) is 58.5 cm³/mol. The van der Waals surface area contributed by atoms with Crippen molar-refractivity contribution in [3.63, 3.8) is 0 Å². The Morgan fingerprint density at radius 3 is 2.50 bits per heavy atom. The molecular formula is C14H16O2. The van der Waals surface area contributed by atoms with E-state index in [1.54, 1.807) is 0 Å². The molecule has 16 heavy (non-hydrogen) atoms. The second-order valence-electron chi connectivity index (χ2n) is 5.93. The standard InChI is InChI=1S/C14H16O2/c1-2-6-5-9-11-7-3-4-8(13(7)15)12(11)10(6)14(9)16/h3-4,6-12H,2,5H2,1H3. The average Bonchev–Trinajstić information content (AvgIpc) is 2.97. The Morgan fingerprint density at radius 1 is 1.12 bits per heavy atom. The van der Waals surface area contributed by atoms with Crippen LogP contribution in [0.15, 0.2) is 12.2 Å². The first-order valence-corrected chi connectivity index (χ1v) is 6.49. The highest BCUT2D eigenvalue weighted by Gasteiger charge is 2.67. The molecule has 2 heteroatoms. The molecule has 2 nitrogen and oxygen atoms in total. The van der Waals surface area contributed by atoms with Gasteiger partial charge in [0.1, 0.15) is 11.6 Å². The van der Waals surface area contributed by atoms with Crippen molar-refractivity contribution >= 4 is 11.6 Å². The Kier molecular flexibility index (Phi) is 1.52. The monoisotopic (exact) mass is 216 g/mol. The molecule has 0 spiro atoms. The highest BCUT2D eigenvalue weighted by Crippen LogP contribution is 2.64. The molecular weight excluding hydrogens is 200 g/mol. The largest absolute Gasteiger partial charge is 0.299 e. The molecule has 0 aromatic heterocycles. The van der Waals surface area contributed by atoms with E-state index in [-0.39, 0.29) is 23.7 Å². The van der Waals surface area contributed by atoms with E-state index >= 15 is 0 Å². The van der Waals surface area contributed by atoms with Crippen LogP contribution in [0.5, 0.6) is 0 Å². The second kappa shape index (κ2) is 2.66. The Bertz CT molecular complexity index is 422. The molecule has 7 atom stereocenters. The fraction of sp³-hybridized carbons (Fsp3) is 0.714. The van der Waals surface area contributed by atoms with Crippen molar-refractivity contribution in [2.75, 3.05) is 0 Å². The third kappa shape index (κ3) is 0.761. The average molecular weight is 216 g/mol. The van der Waals surface area contributed by atoms with Crippen LogP contribution in [0.3, 0.4) is 0 Å². The molecule has 7 unspecified atom stereocenters. The second-order valence-corrected chi connectivity index (χ2v) is 5.93. The van der Waals surface area contributed by atoms with Crippen LogP contribution in [0, 0.1) is 41.4 Å². The third-order valence-corrected chi connectivity index (χ3v) is 5.62. The zero-order valence-corrected chi connectivity index (χ0v) is 9.43. The Labute approximate surface area is 95.1 Å². The number of hydrogen-bond donors (Lipinski definition) is 0. The molecule has 4 bridgehead atoms. The van der Waals surface area contributed by atoms with Gasteiger partial charge in [-0.1, -0.05) is 25.5 Å². The minimum atomic E-state index is 0.100. The number of ketones is 2. The number of fused-ring (bicyclic) bond motifs is 9. The van der Waals surface area contributed by atoms with Gasteiger partial charge in [0.05, 0.1) is 0 Å². The van der Waals surface area contributed by atoms with Gasteiger partial charge in [0.2, 0.25) is 0 Å². The summed E-state index contributed by atoms with van der Waals surface area (Å²) in [5.74, 6) is 2.91. The van der Waals surface area contributed by atoms with Gasteiger partial charge in [-0.05, 0) is 24.2 Å². The number of hydrogen-bond acceptors (Lipinski definition) is 2. The first kappa shape index (κ1) is 9.15.